The summed E-state index contributed by atoms with van der Waals surface area (Å²) in [6.45, 7) is 10.9. The molecule has 108 valence electrons. The summed E-state index contributed by atoms with van der Waals surface area (Å²) in [4.78, 5) is 11.9. The van der Waals surface area contributed by atoms with Crippen molar-refractivity contribution in [3.8, 4) is 0 Å². The second-order valence-electron chi connectivity index (χ2n) is 6.29. The molecule has 1 saturated heterocycles. The quantitative estimate of drug-likeness (QED) is 0.811. The van der Waals surface area contributed by atoms with E-state index in [1.807, 2.05) is 0 Å². The van der Waals surface area contributed by atoms with Crippen molar-refractivity contribution in [3.63, 3.8) is 0 Å². The zero-order valence-corrected chi connectivity index (χ0v) is 13.0. The van der Waals surface area contributed by atoms with E-state index in [9.17, 15) is 4.79 Å². The summed E-state index contributed by atoms with van der Waals surface area (Å²) in [5.74, 6) is 0.925. The van der Waals surface area contributed by atoms with E-state index >= 15 is 0 Å². The largest absolute Gasteiger partial charge is 0.353 e. The van der Waals surface area contributed by atoms with Gasteiger partial charge in [0.2, 0.25) is 5.91 Å². The minimum absolute atomic E-state index is 0. The van der Waals surface area contributed by atoms with Gasteiger partial charge in [-0.25, -0.2) is 0 Å². The topological polar surface area (TPSA) is 41.1 Å². The number of hydrogen-bond donors (Lipinski definition) is 2. The van der Waals surface area contributed by atoms with Crippen molar-refractivity contribution in [1.82, 2.24) is 10.6 Å². The number of hydrogen-bond acceptors (Lipinski definition) is 2. The van der Waals surface area contributed by atoms with E-state index < -0.39 is 0 Å². The number of halogens is 1. The Bertz CT molecular complexity index is 245. The molecule has 1 aliphatic heterocycles. The predicted octanol–water partition coefficient (Wildman–Crippen LogP) is 2.74. The summed E-state index contributed by atoms with van der Waals surface area (Å²) in [7, 11) is 0. The van der Waals surface area contributed by atoms with Crippen molar-refractivity contribution in [2.24, 2.45) is 11.3 Å². The first-order chi connectivity index (χ1) is 7.93. The van der Waals surface area contributed by atoms with E-state index in [4.69, 9.17) is 0 Å². The molecule has 0 aromatic heterocycles. The zero-order chi connectivity index (χ0) is 12.9. The highest BCUT2D eigenvalue weighted by Crippen LogP contribution is 2.22. The van der Waals surface area contributed by atoms with Crippen LogP contribution in [-0.2, 0) is 4.79 Å². The third-order valence-corrected chi connectivity index (χ3v) is 3.73. The second-order valence-corrected chi connectivity index (χ2v) is 6.29. The van der Waals surface area contributed by atoms with Gasteiger partial charge in [0.05, 0.1) is 0 Å². The lowest BCUT2D eigenvalue weighted by atomic mass is 9.85. The minimum atomic E-state index is 0. The number of carbonyl (C=O) groups excluding carboxylic acids is 1. The van der Waals surface area contributed by atoms with Crippen molar-refractivity contribution in [1.29, 1.82) is 0 Å². The summed E-state index contributed by atoms with van der Waals surface area (Å²) in [5.41, 5.74) is 0.152. The van der Waals surface area contributed by atoms with Crippen molar-refractivity contribution in [2.75, 3.05) is 13.1 Å². The lowest BCUT2D eigenvalue weighted by molar-refractivity contribution is -0.122. The normalized spacial score (nSPS) is 21.2. The van der Waals surface area contributed by atoms with Gasteiger partial charge in [-0.2, -0.15) is 0 Å². The van der Waals surface area contributed by atoms with Crippen LogP contribution >= 0.6 is 12.4 Å². The molecule has 0 saturated carbocycles. The van der Waals surface area contributed by atoms with Crippen LogP contribution in [0.3, 0.4) is 0 Å². The van der Waals surface area contributed by atoms with Gasteiger partial charge >= 0.3 is 0 Å². The van der Waals surface area contributed by atoms with Crippen LogP contribution < -0.4 is 10.6 Å². The molecule has 0 aromatic rings. The highest BCUT2D eigenvalue weighted by atomic mass is 35.5. The van der Waals surface area contributed by atoms with Gasteiger partial charge in [0.15, 0.2) is 0 Å². The van der Waals surface area contributed by atoms with E-state index in [0.29, 0.717) is 12.3 Å². The van der Waals surface area contributed by atoms with E-state index in [2.05, 4.69) is 38.3 Å². The summed E-state index contributed by atoms with van der Waals surface area (Å²) >= 11 is 0. The molecule has 0 spiro atoms. The van der Waals surface area contributed by atoms with Gasteiger partial charge < -0.3 is 10.6 Å². The average molecular weight is 277 g/mol. The van der Waals surface area contributed by atoms with Crippen LogP contribution in [0.5, 0.6) is 0 Å². The van der Waals surface area contributed by atoms with Gasteiger partial charge in [-0.1, -0.05) is 27.7 Å². The van der Waals surface area contributed by atoms with Gasteiger partial charge in [0.1, 0.15) is 0 Å². The fourth-order valence-electron chi connectivity index (χ4n) is 2.49. The maximum atomic E-state index is 11.9. The molecule has 0 aliphatic carbocycles. The molecule has 2 N–H and O–H groups in total. The number of carbonyl (C=O) groups is 1. The van der Waals surface area contributed by atoms with Crippen molar-refractivity contribution < 1.29 is 4.79 Å². The van der Waals surface area contributed by atoms with E-state index in [-0.39, 0.29) is 29.8 Å². The zero-order valence-electron chi connectivity index (χ0n) is 12.2. The number of rotatable bonds is 5. The number of nitrogens with one attached hydrogen (secondary N) is 2. The molecule has 1 heterocycles. The molecule has 0 aromatic carbocycles. The van der Waals surface area contributed by atoms with Gasteiger partial charge in [-0.15, -0.1) is 12.4 Å². The smallest absolute Gasteiger partial charge is 0.220 e. The average Bonchev–Trinajstić information content (AvgIpc) is 2.74. The maximum absolute atomic E-state index is 11.9. The molecule has 1 fully saturated rings. The summed E-state index contributed by atoms with van der Waals surface area (Å²) < 4.78 is 0. The Morgan fingerprint density at radius 1 is 1.44 bits per heavy atom. The predicted molar refractivity (Wildman–Crippen MR) is 79.1 cm³/mol. The van der Waals surface area contributed by atoms with E-state index in [1.165, 1.54) is 6.42 Å². The van der Waals surface area contributed by atoms with Gasteiger partial charge in [0, 0.05) is 12.5 Å². The first-order valence-corrected chi connectivity index (χ1v) is 6.93. The van der Waals surface area contributed by atoms with Crippen LogP contribution in [0.2, 0.25) is 0 Å². The maximum Gasteiger partial charge on any atom is 0.220 e. The molecule has 1 rings (SSSR count). The van der Waals surface area contributed by atoms with Gasteiger partial charge in [0.25, 0.3) is 0 Å². The Morgan fingerprint density at radius 3 is 2.56 bits per heavy atom. The summed E-state index contributed by atoms with van der Waals surface area (Å²) in [6, 6.07) is 0.289. The van der Waals surface area contributed by atoms with Crippen molar-refractivity contribution >= 4 is 18.3 Å². The highest BCUT2D eigenvalue weighted by molar-refractivity contribution is 5.85. The Balaban J connectivity index is 0.00000289. The Kier molecular flexibility index (Phi) is 7.88. The fourth-order valence-corrected chi connectivity index (χ4v) is 2.49. The third-order valence-electron chi connectivity index (χ3n) is 3.73. The van der Waals surface area contributed by atoms with Crippen LogP contribution in [-0.4, -0.2) is 25.0 Å². The molecule has 4 heteroatoms. The first-order valence-electron chi connectivity index (χ1n) is 6.93. The third kappa shape index (κ3) is 6.05. The summed E-state index contributed by atoms with van der Waals surface area (Å²) in [6.07, 6.45) is 3.93. The lowest BCUT2D eigenvalue weighted by Crippen LogP contribution is -2.43. The second kappa shape index (κ2) is 8.00. The van der Waals surface area contributed by atoms with Crippen LogP contribution in [0.15, 0.2) is 0 Å². The van der Waals surface area contributed by atoms with E-state index in [0.717, 1.165) is 25.9 Å². The minimum Gasteiger partial charge on any atom is -0.353 e. The van der Waals surface area contributed by atoms with Crippen LogP contribution in [0.1, 0.15) is 53.4 Å². The molecule has 2 unspecified atom stereocenters. The Morgan fingerprint density at radius 2 is 2.11 bits per heavy atom. The fraction of sp³-hybridized carbons (Fsp3) is 0.929. The highest BCUT2D eigenvalue weighted by Gasteiger charge is 2.24. The molecule has 2 atom stereocenters. The molecule has 18 heavy (non-hydrogen) atoms. The van der Waals surface area contributed by atoms with Crippen LogP contribution in [0, 0.1) is 11.3 Å². The molecule has 1 amide bonds. The molecular weight excluding hydrogens is 248 g/mol. The SMILES string of the molecule is CCC(NC(=O)CCC1CCNC1)C(C)(C)C.Cl. The molecule has 1 aliphatic rings. The first kappa shape index (κ1) is 17.7. The van der Waals surface area contributed by atoms with Crippen molar-refractivity contribution in [3.05, 3.63) is 0 Å². The summed E-state index contributed by atoms with van der Waals surface area (Å²) in [5, 5.41) is 6.51. The Labute approximate surface area is 118 Å². The van der Waals surface area contributed by atoms with Gasteiger partial charge in [-0.05, 0) is 43.7 Å². The monoisotopic (exact) mass is 276 g/mol. The molecule has 0 radical (unpaired) electrons. The lowest BCUT2D eigenvalue weighted by Gasteiger charge is -2.30. The van der Waals surface area contributed by atoms with Crippen LogP contribution in [0.4, 0.5) is 0 Å². The molecule has 3 nitrogen and oxygen atoms in total. The molecular formula is C14H29ClN2O. The number of amides is 1. The molecule has 0 bridgehead atoms. The van der Waals surface area contributed by atoms with E-state index in [1.54, 1.807) is 0 Å². The Hall–Kier alpha value is -0.280. The standard InChI is InChI=1S/C14H28N2O.ClH/c1-5-12(14(2,3)4)16-13(17)7-6-11-8-9-15-10-11;/h11-12,15H,5-10H2,1-4H3,(H,16,17);1H. The van der Waals surface area contributed by atoms with Crippen LogP contribution in [0.25, 0.3) is 0 Å². The van der Waals surface area contributed by atoms with Gasteiger partial charge in [-0.3, -0.25) is 4.79 Å². The van der Waals surface area contributed by atoms with Crippen molar-refractivity contribution in [2.45, 2.75) is 59.4 Å².